The highest BCUT2D eigenvalue weighted by molar-refractivity contribution is 7.53. The SMILES string of the molecule is C=C[C@H](OCP(=O)(OC(C)C)OC(C)C)C(O)COC. The smallest absolute Gasteiger partial charge is 0.356 e. The molecular weight excluding hydrogens is 283 g/mol. The molecule has 0 bridgehead atoms. The lowest BCUT2D eigenvalue weighted by atomic mass is 10.2. The average molecular weight is 310 g/mol. The summed E-state index contributed by atoms with van der Waals surface area (Å²) in [6, 6.07) is 0. The first kappa shape index (κ1) is 19.8. The summed E-state index contributed by atoms with van der Waals surface area (Å²) >= 11 is 0. The molecule has 0 radical (unpaired) electrons. The van der Waals surface area contributed by atoms with Gasteiger partial charge in [-0.25, -0.2) is 0 Å². The molecule has 0 saturated heterocycles. The Morgan fingerprint density at radius 3 is 2.05 bits per heavy atom. The van der Waals surface area contributed by atoms with Gasteiger partial charge in [0.1, 0.15) is 18.6 Å². The van der Waals surface area contributed by atoms with Gasteiger partial charge >= 0.3 is 7.60 Å². The van der Waals surface area contributed by atoms with Crippen molar-refractivity contribution in [2.45, 2.75) is 52.1 Å². The van der Waals surface area contributed by atoms with Crippen molar-refractivity contribution in [2.75, 3.05) is 20.1 Å². The van der Waals surface area contributed by atoms with E-state index in [0.717, 1.165) is 0 Å². The van der Waals surface area contributed by atoms with E-state index >= 15 is 0 Å². The topological polar surface area (TPSA) is 74.2 Å². The van der Waals surface area contributed by atoms with Gasteiger partial charge in [0.25, 0.3) is 0 Å². The molecule has 0 aliphatic rings. The third-order valence-electron chi connectivity index (χ3n) is 2.12. The Hall–Kier alpha value is -0.230. The van der Waals surface area contributed by atoms with Crippen LogP contribution in [-0.4, -0.2) is 49.6 Å². The van der Waals surface area contributed by atoms with Crippen molar-refractivity contribution in [3.05, 3.63) is 12.7 Å². The Bertz CT molecular complexity index is 304. The second-order valence-corrected chi connectivity index (χ2v) is 6.84. The molecule has 0 aromatic carbocycles. The normalized spacial score (nSPS) is 15.6. The third-order valence-corrected chi connectivity index (χ3v) is 4.07. The fraction of sp³-hybridized carbons (Fsp3) is 0.846. The number of ether oxygens (including phenoxy) is 2. The highest BCUT2D eigenvalue weighted by Crippen LogP contribution is 2.50. The third kappa shape index (κ3) is 8.15. The van der Waals surface area contributed by atoms with Crippen LogP contribution >= 0.6 is 7.60 Å². The molecule has 7 heteroatoms. The summed E-state index contributed by atoms with van der Waals surface area (Å²) < 4.78 is 33.5. The van der Waals surface area contributed by atoms with Gasteiger partial charge in [0, 0.05) is 7.11 Å². The van der Waals surface area contributed by atoms with E-state index in [4.69, 9.17) is 18.5 Å². The summed E-state index contributed by atoms with van der Waals surface area (Å²) in [6.45, 7) is 10.7. The van der Waals surface area contributed by atoms with E-state index in [9.17, 15) is 9.67 Å². The van der Waals surface area contributed by atoms with Crippen LogP contribution in [0.4, 0.5) is 0 Å². The maximum Gasteiger partial charge on any atom is 0.356 e. The summed E-state index contributed by atoms with van der Waals surface area (Å²) in [5, 5.41) is 9.78. The lowest BCUT2D eigenvalue weighted by Gasteiger charge is -2.25. The fourth-order valence-electron chi connectivity index (χ4n) is 1.51. The molecule has 120 valence electrons. The molecule has 1 N–H and O–H groups in total. The quantitative estimate of drug-likeness (QED) is 0.467. The fourth-order valence-corrected chi connectivity index (χ4v) is 3.32. The predicted octanol–water partition coefficient (Wildman–Crippen LogP) is 2.57. The maximum absolute atomic E-state index is 12.5. The number of hydrogen-bond donors (Lipinski definition) is 1. The van der Waals surface area contributed by atoms with Gasteiger partial charge in [-0.1, -0.05) is 6.08 Å². The lowest BCUT2D eigenvalue weighted by Crippen LogP contribution is -2.31. The van der Waals surface area contributed by atoms with Crippen LogP contribution in [0.1, 0.15) is 27.7 Å². The van der Waals surface area contributed by atoms with Crippen LogP contribution in [0.25, 0.3) is 0 Å². The molecule has 0 amide bonds. The van der Waals surface area contributed by atoms with Crippen molar-refractivity contribution in [3.8, 4) is 0 Å². The van der Waals surface area contributed by atoms with Gasteiger partial charge in [-0.05, 0) is 27.7 Å². The van der Waals surface area contributed by atoms with E-state index in [1.54, 1.807) is 27.7 Å². The van der Waals surface area contributed by atoms with Gasteiger partial charge in [0.2, 0.25) is 0 Å². The van der Waals surface area contributed by atoms with Crippen molar-refractivity contribution < 1.29 is 28.2 Å². The van der Waals surface area contributed by atoms with Gasteiger partial charge in [-0.15, -0.1) is 6.58 Å². The van der Waals surface area contributed by atoms with Gasteiger partial charge in [0.15, 0.2) is 0 Å². The van der Waals surface area contributed by atoms with Crippen molar-refractivity contribution >= 4 is 7.60 Å². The molecular formula is C13H27O6P. The van der Waals surface area contributed by atoms with Crippen molar-refractivity contribution in [2.24, 2.45) is 0 Å². The molecule has 1 unspecified atom stereocenters. The van der Waals surface area contributed by atoms with Gasteiger partial charge in [0.05, 0.1) is 18.8 Å². The Morgan fingerprint density at radius 2 is 1.70 bits per heavy atom. The summed E-state index contributed by atoms with van der Waals surface area (Å²) in [4.78, 5) is 0. The first-order valence-electron chi connectivity index (χ1n) is 6.61. The van der Waals surface area contributed by atoms with Crippen LogP contribution in [0.15, 0.2) is 12.7 Å². The largest absolute Gasteiger partial charge is 0.388 e. The Morgan fingerprint density at radius 1 is 1.20 bits per heavy atom. The van der Waals surface area contributed by atoms with E-state index in [1.807, 2.05) is 0 Å². The molecule has 0 aromatic heterocycles. The minimum absolute atomic E-state index is 0.0943. The predicted molar refractivity (Wildman–Crippen MR) is 77.9 cm³/mol. The zero-order chi connectivity index (χ0) is 15.8. The van der Waals surface area contributed by atoms with Crippen molar-refractivity contribution in [1.29, 1.82) is 0 Å². The Labute approximate surface area is 121 Å². The zero-order valence-electron chi connectivity index (χ0n) is 12.9. The van der Waals surface area contributed by atoms with Crippen LogP contribution < -0.4 is 0 Å². The highest BCUT2D eigenvalue weighted by Gasteiger charge is 2.30. The number of aliphatic hydroxyl groups excluding tert-OH is 1. The van der Waals surface area contributed by atoms with Crippen LogP contribution in [0.5, 0.6) is 0 Å². The molecule has 0 rings (SSSR count). The lowest BCUT2D eigenvalue weighted by molar-refractivity contribution is -0.0358. The van der Waals surface area contributed by atoms with Crippen molar-refractivity contribution in [3.63, 3.8) is 0 Å². The van der Waals surface area contributed by atoms with E-state index in [2.05, 4.69) is 6.58 Å². The van der Waals surface area contributed by atoms with Crippen LogP contribution in [0.2, 0.25) is 0 Å². The molecule has 2 atom stereocenters. The van der Waals surface area contributed by atoms with Crippen LogP contribution in [-0.2, 0) is 23.1 Å². The Balaban J connectivity index is 4.65. The van der Waals surface area contributed by atoms with E-state index in [1.165, 1.54) is 13.2 Å². The summed E-state index contributed by atoms with van der Waals surface area (Å²) in [5.74, 6) is 0. The second kappa shape index (κ2) is 9.66. The number of hydrogen-bond acceptors (Lipinski definition) is 6. The number of aliphatic hydroxyl groups is 1. The maximum atomic E-state index is 12.5. The van der Waals surface area contributed by atoms with Crippen molar-refractivity contribution in [1.82, 2.24) is 0 Å². The van der Waals surface area contributed by atoms with Crippen LogP contribution in [0, 0.1) is 0 Å². The van der Waals surface area contributed by atoms with E-state index in [-0.39, 0.29) is 25.2 Å². The molecule has 6 nitrogen and oxygen atoms in total. The standard InChI is InChI=1S/C13H27O6P/c1-7-13(12(14)8-16-6)17-9-20(15,18-10(2)3)19-11(4)5/h7,10-14H,1,8-9H2,2-6H3/t12?,13-/m0/s1. The van der Waals surface area contributed by atoms with E-state index in [0.29, 0.717) is 0 Å². The molecule has 0 aromatic rings. The van der Waals surface area contributed by atoms with E-state index < -0.39 is 19.8 Å². The average Bonchev–Trinajstić information content (AvgIpc) is 2.27. The second-order valence-electron chi connectivity index (χ2n) is 4.94. The molecule has 0 aliphatic heterocycles. The first-order valence-corrected chi connectivity index (χ1v) is 8.34. The van der Waals surface area contributed by atoms with Crippen LogP contribution in [0.3, 0.4) is 0 Å². The molecule has 0 fully saturated rings. The van der Waals surface area contributed by atoms with Gasteiger partial charge < -0.3 is 23.6 Å². The number of rotatable bonds is 11. The molecule has 0 aliphatic carbocycles. The summed E-state index contributed by atoms with van der Waals surface area (Å²) in [6.07, 6.45) is -0.915. The zero-order valence-corrected chi connectivity index (χ0v) is 13.8. The van der Waals surface area contributed by atoms with Gasteiger partial charge in [-0.2, -0.15) is 0 Å². The summed E-state index contributed by atoms with van der Waals surface area (Å²) in [7, 11) is -1.91. The Kier molecular flexibility index (Phi) is 9.55. The molecule has 0 saturated carbocycles. The molecule has 0 heterocycles. The monoisotopic (exact) mass is 310 g/mol. The molecule has 0 spiro atoms. The summed E-state index contributed by atoms with van der Waals surface area (Å²) in [5.41, 5.74) is 0. The minimum Gasteiger partial charge on any atom is -0.388 e. The number of methoxy groups -OCH3 is 1. The minimum atomic E-state index is -3.38. The van der Waals surface area contributed by atoms with Gasteiger partial charge in [-0.3, -0.25) is 4.57 Å². The highest BCUT2D eigenvalue weighted by atomic mass is 31.2. The molecule has 20 heavy (non-hydrogen) atoms. The first-order chi connectivity index (χ1) is 9.24.